The quantitative estimate of drug-likeness (QED) is 0.775. The molecule has 0 fully saturated rings. The standard InChI is InChI=1S/C12H5Cl2F6N3O2/c13-5-1-4(25-12(18,19)20)2-6(14)8(5)23-3-22-7(10(21)24)9(23)11(15,16)17/h1-3H,(H2,21,24). The number of nitrogens with two attached hydrogens (primary N) is 1. The largest absolute Gasteiger partial charge is 0.573 e. The van der Waals surface area contributed by atoms with Crippen LogP contribution in [0.5, 0.6) is 5.75 Å². The van der Waals surface area contributed by atoms with Crippen molar-refractivity contribution < 1.29 is 35.9 Å². The molecular formula is C12H5Cl2F6N3O2. The number of halogens is 8. The predicted octanol–water partition coefficient (Wildman–Crippen LogP) is 4.20. The number of hydrogen-bond donors (Lipinski definition) is 1. The summed E-state index contributed by atoms with van der Waals surface area (Å²) in [6, 6.07) is 1.22. The average molecular weight is 408 g/mol. The van der Waals surface area contributed by atoms with Gasteiger partial charge in [-0.25, -0.2) is 4.98 Å². The molecule has 1 heterocycles. The van der Waals surface area contributed by atoms with Crippen LogP contribution in [0.15, 0.2) is 18.5 Å². The molecule has 0 saturated carbocycles. The Morgan fingerprint density at radius 1 is 1.12 bits per heavy atom. The molecule has 0 aliphatic carbocycles. The molecule has 2 rings (SSSR count). The van der Waals surface area contributed by atoms with E-state index in [-0.39, 0.29) is 0 Å². The first-order valence-electron chi connectivity index (χ1n) is 6.00. The maximum absolute atomic E-state index is 13.2. The van der Waals surface area contributed by atoms with Gasteiger partial charge in [0.15, 0.2) is 11.4 Å². The number of carbonyl (C=O) groups excluding carboxylic acids is 1. The number of primary amides is 1. The van der Waals surface area contributed by atoms with E-state index in [1.54, 1.807) is 0 Å². The Morgan fingerprint density at radius 3 is 2.04 bits per heavy atom. The van der Waals surface area contributed by atoms with Gasteiger partial charge in [0.05, 0.1) is 15.7 Å². The van der Waals surface area contributed by atoms with Gasteiger partial charge in [-0.3, -0.25) is 9.36 Å². The number of benzene rings is 1. The Kier molecular flexibility index (Phi) is 4.83. The van der Waals surface area contributed by atoms with Crippen molar-refractivity contribution in [2.75, 3.05) is 0 Å². The van der Waals surface area contributed by atoms with Crippen LogP contribution >= 0.6 is 23.2 Å². The van der Waals surface area contributed by atoms with Crippen LogP contribution in [0.4, 0.5) is 26.3 Å². The van der Waals surface area contributed by atoms with Crippen molar-refractivity contribution in [3.05, 3.63) is 39.9 Å². The van der Waals surface area contributed by atoms with Crippen LogP contribution in [0.3, 0.4) is 0 Å². The number of alkyl halides is 6. The zero-order chi connectivity index (χ0) is 19.2. The van der Waals surface area contributed by atoms with Gasteiger partial charge in [-0.15, -0.1) is 13.2 Å². The normalized spacial score (nSPS) is 12.3. The Balaban J connectivity index is 2.66. The Bertz CT molecular complexity index is 808. The third-order valence-electron chi connectivity index (χ3n) is 2.73. The number of carbonyl (C=O) groups is 1. The van der Waals surface area contributed by atoms with E-state index in [1.807, 2.05) is 0 Å². The number of nitrogens with zero attached hydrogens (tertiary/aromatic N) is 2. The van der Waals surface area contributed by atoms with Gasteiger partial charge in [-0.05, 0) is 0 Å². The summed E-state index contributed by atoms with van der Waals surface area (Å²) in [7, 11) is 0. The smallest absolute Gasteiger partial charge is 0.406 e. The summed E-state index contributed by atoms with van der Waals surface area (Å²) in [5.41, 5.74) is 1.62. The Morgan fingerprint density at radius 2 is 1.64 bits per heavy atom. The van der Waals surface area contributed by atoms with Crippen molar-refractivity contribution in [3.63, 3.8) is 0 Å². The second-order valence-corrected chi connectivity index (χ2v) is 5.27. The van der Waals surface area contributed by atoms with E-state index < -0.39 is 51.3 Å². The average Bonchev–Trinajstić information content (AvgIpc) is 2.80. The second kappa shape index (κ2) is 6.30. The maximum atomic E-state index is 13.2. The number of amides is 1. The molecule has 1 aromatic carbocycles. The molecule has 0 aliphatic heterocycles. The van der Waals surface area contributed by atoms with Crippen LogP contribution in [0.25, 0.3) is 5.69 Å². The highest BCUT2D eigenvalue weighted by Gasteiger charge is 2.41. The summed E-state index contributed by atoms with van der Waals surface area (Å²) >= 11 is 11.5. The molecule has 136 valence electrons. The van der Waals surface area contributed by atoms with Gasteiger partial charge in [-0.2, -0.15) is 13.2 Å². The number of aromatic nitrogens is 2. The van der Waals surface area contributed by atoms with E-state index in [0.717, 1.165) is 0 Å². The van der Waals surface area contributed by atoms with Crippen molar-refractivity contribution in [2.45, 2.75) is 12.5 Å². The van der Waals surface area contributed by atoms with Crippen molar-refractivity contribution in [1.82, 2.24) is 9.55 Å². The molecule has 0 radical (unpaired) electrons. The molecule has 0 bridgehead atoms. The monoisotopic (exact) mass is 407 g/mol. The van der Waals surface area contributed by atoms with Crippen LogP contribution in [0.1, 0.15) is 16.2 Å². The van der Waals surface area contributed by atoms with Gasteiger partial charge in [0, 0.05) is 12.1 Å². The summed E-state index contributed by atoms with van der Waals surface area (Å²) in [5.74, 6) is -2.30. The van der Waals surface area contributed by atoms with Crippen LogP contribution in [-0.4, -0.2) is 21.8 Å². The molecule has 13 heteroatoms. The summed E-state index contributed by atoms with van der Waals surface area (Å²) in [5, 5.41) is -1.21. The minimum absolute atomic E-state index is 0.308. The zero-order valence-corrected chi connectivity index (χ0v) is 13.1. The molecule has 0 spiro atoms. The molecule has 0 saturated heterocycles. The van der Waals surface area contributed by atoms with Crippen LogP contribution in [-0.2, 0) is 6.18 Å². The molecule has 25 heavy (non-hydrogen) atoms. The van der Waals surface area contributed by atoms with Gasteiger partial charge in [0.2, 0.25) is 0 Å². The van der Waals surface area contributed by atoms with Gasteiger partial charge in [-0.1, -0.05) is 23.2 Å². The van der Waals surface area contributed by atoms with Crippen molar-refractivity contribution in [3.8, 4) is 11.4 Å². The van der Waals surface area contributed by atoms with E-state index in [0.29, 0.717) is 23.0 Å². The second-order valence-electron chi connectivity index (χ2n) is 4.46. The van der Waals surface area contributed by atoms with Crippen LogP contribution in [0, 0.1) is 0 Å². The van der Waals surface area contributed by atoms with Crippen LogP contribution < -0.4 is 10.5 Å². The lowest BCUT2D eigenvalue weighted by molar-refractivity contribution is -0.274. The minimum Gasteiger partial charge on any atom is -0.406 e. The number of ether oxygens (including phenoxy) is 1. The first-order valence-corrected chi connectivity index (χ1v) is 6.76. The molecule has 2 aromatic rings. The van der Waals surface area contributed by atoms with E-state index in [9.17, 15) is 31.1 Å². The molecule has 0 aliphatic rings. The first kappa shape index (κ1) is 19.2. The topological polar surface area (TPSA) is 70.1 Å². The van der Waals surface area contributed by atoms with Crippen LogP contribution in [0.2, 0.25) is 10.0 Å². The Labute approximate surface area is 144 Å². The highest BCUT2D eigenvalue weighted by Crippen LogP contribution is 2.40. The molecule has 0 unspecified atom stereocenters. The molecule has 1 amide bonds. The van der Waals surface area contributed by atoms with E-state index >= 15 is 0 Å². The Hall–Kier alpha value is -2.14. The maximum Gasteiger partial charge on any atom is 0.573 e. The predicted molar refractivity (Wildman–Crippen MR) is 73.8 cm³/mol. The van der Waals surface area contributed by atoms with E-state index in [1.165, 1.54) is 0 Å². The summed E-state index contributed by atoms with van der Waals surface area (Å²) in [6.45, 7) is 0. The fourth-order valence-electron chi connectivity index (χ4n) is 1.93. The fraction of sp³-hybridized carbons (Fsp3) is 0.167. The third kappa shape index (κ3) is 4.10. The lowest BCUT2D eigenvalue weighted by Crippen LogP contribution is -2.21. The first-order chi connectivity index (χ1) is 11.3. The van der Waals surface area contributed by atoms with E-state index in [2.05, 4.69) is 9.72 Å². The molecule has 1 aromatic heterocycles. The van der Waals surface area contributed by atoms with Gasteiger partial charge >= 0.3 is 12.5 Å². The lowest BCUT2D eigenvalue weighted by Gasteiger charge is -2.16. The van der Waals surface area contributed by atoms with Crippen molar-refractivity contribution >= 4 is 29.1 Å². The number of imidazole rings is 1. The number of hydrogen-bond acceptors (Lipinski definition) is 3. The number of rotatable bonds is 3. The molecular weight excluding hydrogens is 403 g/mol. The highest BCUT2D eigenvalue weighted by molar-refractivity contribution is 6.38. The van der Waals surface area contributed by atoms with Gasteiger partial charge in [0.25, 0.3) is 5.91 Å². The van der Waals surface area contributed by atoms with E-state index in [4.69, 9.17) is 28.9 Å². The third-order valence-corrected chi connectivity index (χ3v) is 3.31. The zero-order valence-electron chi connectivity index (χ0n) is 11.5. The highest BCUT2D eigenvalue weighted by atomic mass is 35.5. The fourth-order valence-corrected chi connectivity index (χ4v) is 2.58. The minimum atomic E-state index is -5.07. The summed E-state index contributed by atoms with van der Waals surface area (Å²) < 4.78 is 80.2. The molecule has 2 N–H and O–H groups in total. The van der Waals surface area contributed by atoms with Crippen molar-refractivity contribution in [2.24, 2.45) is 5.73 Å². The summed E-state index contributed by atoms with van der Waals surface area (Å²) in [4.78, 5) is 14.4. The molecule has 5 nitrogen and oxygen atoms in total. The summed E-state index contributed by atoms with van der Waals surface area (Å²) in [6.07, 6.45) is -9.56. The molecule has 0 atom stereocenters. The lowest BCUT2D eigenvalue weighted by atomic mass is 10.2. The van der Waals surface area contributed by atoms with Gasteiger partial charge < -0.3 is 10.5 Å². The SMILES string of the molecule is NC(=O)c1ncn(-c2c(Cl)cc(OC(F)(F)F)cc2Cl)c1C(F)(F)F. The van der Waals surface area contributed by atoms with Gasteiger partial charge in [0.1, 0.15) is 12.1 Å². The van der Waals surface area contributed by atoms with Crippen molar-refractivity contribution in [1.29, 1.82) is 0 Å².